The number of hydrogen-bond acceptors (Lipinski definition) is 3. The van der Waals surface area contributed by atoms with E-state index in [9.17, 15) is 4.79 Å². The lowest BCUT2D eigenvalue weighted by Gasteiger charge is -2.08. The highest BCUT2D eigenvalue weighted by Crippen LogP contribution is 2.11. The van der Waals surface area contributed by atoms with Gasteiger partial charge in [-0.1, -0.05) is 17.7 Å². The van der Waals surface area contributed by atoms with Crippen LogP contribution in [0.4, 0.5) is 4.79 Å². The van der Waals surface area contributed by atoms with E-state index in [4.69, 9.17) is 9.84 Å². The third kappa shape index (κ3) is 7.31. The summed E-state index contributed by atoms with van der Waals surface area (Å²) in [6.45, 7) is 3.52. The van der Waals surface area contributed by atoms with Gasteiger partial charge in [-0.15, -0.1) is 0 Å². The molecule has 3 N–H and O–H groups in total. The second-order valence-corrected chi connectivity index (χ2v) is 4.27. The van der Waals surface area contributed by atoms with Crippen LogP contribution in [0.15, 0.2) is 24.3 Å². The summed E-state index contributed by atoms with van der Waals surface area (Å²) < 4.78 is 5.57. The predicted octanol–water partition coefficient (Wildman–Crippen LogP) is 1.45. The molecule has 0 saturated heterocycles. The maximum absolute atomic E-state index is 11.1. The van der Waals surface area contributed by atoms with Crippen LogP contribution in [0.3, 0.4) is 0 Å². The van der Waals surface area contributed by atoms with E-state index in [0.29, 0.717) is 13.2 Å². The van der Waals surface area contributed by atoms with Crippen LogP contribution in [0.25, 0.3) is 0 Å². The van der Waals surface area contributed by atoms with Gasteiger partial charge in [0, 0.05) is 13.1 Å². The largest absolute Gasteiger partial charge is 0.494 e. The number of urea groups is 1. The maximum atomic E-state index is 11.1. The molecule has 2 amide bonds. The molecule has 0 fully saturated rings. The van der Waals surface area contributed by atoms with Gasteiger partial charge in [-0.25, -0.2) is 4.79 Å². The third-order valence-electron chi connectivity index (χ3n) is 2.54. The smallest absolute Gasteiger partial charge is 0.314 e. The minimum absolute atomic E-state index is 0.0438. The summed E-state index contributed by atoms with van der Waals surface area (Å²) >= 11 is 0. The van der Waals surface area contributed by atoms with Crippen molar-refractivity contribution in [1.29, 1.82) is 0 Å². The summed E-state index contributed by atoms with van der Waals surface area (Å²) in [7, 11) is 0. The van der Waals surface area contributed by atoms with E-state index in [1.54, 1.807) is 0 Å². The van der Waals surface area contributed by atoms with Gasteiger partial charge in [0.25, 0.3) is 0 Å². The molecule has 0 bridgehead atoms. The Hall–Kier alpha value is -1.75. The summed E-state index contributed by atoms with van der Waals surface area (Å²) in [5.41, 5.74) is 1.21. The summed E-state index contributed by atoms with van der Waals surface area (Å²) in [5.74, 6) is 0.874. The minimum atomic E-state index is -0.242. The predicted molar refractivity (Wildman–Crippen MR) is 74.4 cm³/mol. The molecule has 19 heavy (non-hydrogen) atoms. The first-order valence-corrected chi connectivity index (χ1v) is 6.54. The van der Waals surface area contributed by atoms with E-state index < -0.39 is 0 Å². The SMILES string of the molecule is Cc1ccc(OCCCCNC(=O)NCCO)cc1. The number of ether oxygens (including phenoxy) is 1. The van der Waals surface area contributed by atoms with Crippen molar-refractivity contribution < 1.29 is 14.6 Å². The fourth-order valence-electron chi connectivity index (χ4n) is 1.49. The zero-order valence-electron chi connectivity index (χ0n) is 11.3. The van der Waals surface area contributed by atoms with Gasteiger partial charge in [0.2, 0.25) is 0 Å². The van der Waals surface area contributed by atoms with Crippen LogP contribution >= 0.6 is 0 Å². The average Bonchev–Trinajstić information content (AvgIpc) is 2.42. The topological polar surface area (TPSA) is 70.6 Å². The van der Waals surface area contributed by atoms with Crippen LogP contribution in [0.5, 0.6) is 5.75 Å². The average molecular weight is 266 g/mol. The second-order valence-electron chi connectivity index (χ2n) is 4.27. The van der Waals surface area contributed by atoms with E-state index >= 15 is 0 Å². The summed E-state index contributed by atoms with van der Waals surface area (Å²) in [6.07, 6.45) is 1.74. The Bertz CT molecular complexity index is 365. The lowest BCUT2D eigenvalue weighted by Crippen LogP contribution is -2.37. The molecule has 0 unspecified atom stereocenters. The Morgan fingerprint density at radius 2 is 1.84 bits per heavy atom. The molecule has 0 atom stereocenters. The Morgan fingerprint density at radius 1 is 1.16 bits per heavy atom. The number of carbonyl (C=O) groups excluding carboxylic acids is 1. The highest BCUT2D eigenvalue weighted by molar-refractivity contribution is 5.73. The van der Waals surface area contributed by atoms with E-state index in [1.165, 1.54) is 5.56 Å². The van der Waals surface area contributed by atoms with Gasteiger partial charge in [0.1, 0.15) is 5.75 Å². The Morgan fingerprint density at radius 3 is 2.53 bits per heavy atom. The Balaban J connectivity index is 1.99. The Labute approximate surface area is 114 Å². The van der Waals surface area contributed by atoms with Gasteiger partial charge in [-0.05, 0) is 31.9 Å². The number of aliphatic hydroxyl groups excluding tert-OH is 1. The molecule has 5 heteroatoms. The van der Waals surface area contributed by atoms with Gasteiger partial charge in [0.05, 0.1) is 13.2 Å². The molecule has 1 aromatic carbocycles. The van der Waals surface area contributed by atoms with Gasteiger partial charge in [-0.2, -0.15) is 0 Å². The monoisotopic (exact) mass is 266 g/mol. The molecule has 0 aromatic heterocycles. The van der Waals surface area contributed by atoms with Crippen molar-refractivity contribution in [3.05, 3.63) is 29.8 Å². The quantitative estimate of drug-likeness (QED) is 0.624. The first-order valence-electron chi connectivity index (χ1n) is 6.54. The molecular formula is C14H22N2O3. The van der Waals surface area contributed by atoms with E-state index in [0.717, 1.165) is 18.6 Å². The number of rotatable bonds is 8. The number of nitrogens with one attached hydrogen (secondary N) is 2. The fourth-order valence-corrected chi connectivity index (χ4v) is 1.49. The number of benzene rings is 1. The molecule has 0 radical (unpaired) electrons. The van der Waals surface area contributed by atoms with Gasteiger partial charge >= 0.3 is 6.03 Å². The molecule has 5 nitrogen and oxygen atoms in total. The molecule has 0 spiro atoms. The Kier molecular flexibility index (Phi) is 7.43. The molecular weight excluding hydrogens is 244 g/mol. The highest BCUT2D eigenvalue weighted by atomic mass is 16.5. The van der Waals surface area contributed by atoms with Crippen LogP contribution in [-0.2, 0) is 0 Å². The van der Waals surface area contributed by atoms with Crippen molar-refractivity contribution in [3.8, 4) is 5.75 Å². The van der Waals surface area contributed by atoms with Crippen LogP contribution in [0, 0.1) is 6.92 Å². The third-order valence-corrected chi connectivity index (χ3v) is 2.54. The zero-order valence-corrected chi connectivity index (χ0v) is 11.3. The fraction of sp³-hybridized carbons (Fsp3) is 0.500. The normalized spacial score (nSPS) is 10.0. The van der Waals surface area contributed by atoms with Gasteiger partial charge in [0.15, 0.2) is 0 Å². The van der Waals surface area contributed by atoms with Crippen molar-refractivity contribution >= 4 is 6.03 Å². The molecule has 0 saturated carbocycles. The number of amides is 2. The first kappa shape index (κ1) is 15.3. The lowest BCUT2D eigenvalue weighted by atomic mass is 10.2. The van der Waals surface area contributed by atoms with Crippen molar-refractivity contribution in [2.24, 2.45) is 0 Å². The molecule has 1 aromatic rings. The maximum Gasteiger partial charge on any atom is 0.314 e. The number of aryl methyl sites for hydroxylation is 1. The molecule has 0 aliphatic carbocycles. The van der Waals surface area contributed by atoms with E-state index in [-0.39, 0.29) is 19.2 Å². The van der Waals surface area contributed by atoms with Gasteiger partial charge < -0.3 is 20.5 Å². The standard InChI is InChI=1S/C14H22N2O3/c1-12-4-6-13(7-5-12)19-11-3-2-8-15-14(18)16-9-10-17/h4-7,17H,2-3,8-11H2,1H3,(H2,15,16,18). The van der Waals surface area contributed by atoms with Crippen molar-refractivity contribution in [1.82, 2.24) is 10.6 Å². The van der Waals surface area contributed by atoms with Crippen molar-refractivity contribution in [2.45, 2.75) is 19.8 Å². The van der Waals surface area contributed by atoms with E-state index in [1.807, 2.05) is 31.2 Å². The summed E-state index contributed by atoms with van der Waals surface area (Å²) in [4.78, 5) is 11.1. The van der Waals surface area contributed by atoms with Crippen LogP contribution in [0.1, 0.15) is 18.4 Å². The molecule has 106 valence electrons. The lowest BCUT2D eigenvalue weighted by molar-refractivity contribution is 0.233. The summed E-state index contributed by atoms with van der Waals surface area (Å²) in [6, 6.07) is 7.70. The number of unbranched alkanes of at least 4 members (excludes halogenated alkanes) is 1. The molecule has 0 aliphatic heterocycles. The number of hydrogen-bond donors (Lipinski definition) is 3. The molecule has 0 heterocycles. The van der Waals surface area contributed by atoms with Crippen molar-refractivity contribution in [3.63, 3.8) is 0 Å². The number of aliphatic hydroxyl groups is 1. The van der Waals surface area contributed by atoms with Crippen molar-refractivity contribution in [2.75, 3.05) is 26.3 Å². The zero-order chi connectivity index (χ0) is 13.9. The van der Waals surface area contributed by atoms with Crippen LogP contribution < -0.4 is 15.4 Å². The second kappa shape index (κ2) is 9.22. The summed E-state index contributed by atoms with van der Waals surface area (Å²) in [5, 5.41) is 13.8. The van der Waals surface area contributed by atoms with E-state index in [2.05, 4.69) is 10.6 Å². The molecule has 0 aliphatic rings. The minimum Gasteiger partial charge on any atom is -0.494 e. The van der Waals surface area contributed by atoms with Crippen LogP contribution in [-0.4, -0.2) is 37.4 Å². The van der Waals surface area contributed by atoms with Gasteiger partial charge in [-0.3, -0.25) is 0 Å². The first-order chi connectivity index (χ1) is 9.22. The van der Waals surface area contributed by atoms with Crippen LogP contribution in [0.2, 0.25) is 0 Å². The highest BCUT2D eigenvalue weighted by Gasteiger charge is 1.98. The molecule has 1 rings (SSSR count). The number of carbonyl (C=O) groups is 1.